The summed E-state index contributed by atoms with van der Waals surface area (Å²) in [7, 11) is -2.63. The van der Waals surface area contributed by atoms with Crippen LogP contribution < -0.4 is 11.5 Å². The minimum atomic E-state index is -2.63. The summed E-state index contributed by atoms with van der Waals surface area (Å²) < 4.78 is 19.5. The summed E-state index contributed by atoms with van der Waals surface area (Å²) in [6.07, 6.45) is 0.947. The second-order valence-corrected chi connectivity index (χ2v) is 7.77. The lowest BCUT2D eigenvalue weighted by molar-refractivity contribution is -0.119. The van der Waals surface area contributed by atoms with Crippen LogP contribution in [0, 0.1) is 10.2 Å². The van der Waals surface area contributed by atoms with E-state index in [1.54, 1.807) is 0 Å². The van der Waals surface area contributed by atoms with Gasteiger partial charge in [-0.05, 0) is 18.3 Å². The molecule has 5 nitrogen and oxygen atoms in total. The normalized spacial score (nSPS) is 17.8. The lowest BCUT2D eigenvalue weighted by atomic mass is 9.94. The molecule has 0 saturated carbocycles. The quantitative estimate of drug-likeness (QED) is 0.643. The maximum Gasteiger partial charge on any atom is 0.234 e. The summed E-state index contributed by atoms with van der Waals surface area (Å²) in [4.78, 5) is 10.7. The Labute approximate surface area is 97.9 Å². The fraction of sp³-hybridized carbons (Fsp3) is 0.900. The van der Waals surface area contributed by atoms with Crippen LogP contribution in [0.1, 0.15) is 33.6 Å². The lowest BCUT2D eigenvalue weighted by Crippen LogP contribution is -2.38. The number of primary amides is 1. The molecule has 6 heteroatoms. The lowest BCUT2D eigenvalue weighted by Gasteiger charge is -2.19. The number of nitrogens with one attached hydrogen (secondary N) is 1. The van der Waals surface area contributed by atoms with Crippen molar-refractivity contribution in [3.63, 3.8) is 0 Å². The molecule has 0 bridgehead atoms. The summed E-state index contributed by atoms with van der Waals surface area (Å²) in [5.74, 6) is -0.110. The van der Waals surface area contributed by atoms with Gasteiger partial charge in [0.2, 0.25) is 5.91 Å². The summed E-state index contributed by atoms with van der Waals surface area (Å²) in [5.41, 5.74) is 10.5. The average Bonchev–Trinajstić information content (AvgIpc) is 2.10. The van der Waals surface area contributed by atoms with Gasteiger partial charge in [-0.25, -0.2) is 4.21 Å². The third-order valence-corrected chi connectivity index (χ3v) is 4.06. The van der Waals surface area contributed by atoms with Gasteiger partial charge in [0.25, 0.3) is 0 Å². The fourth-order valence-corrected chi connectivity index (χ4v) is 2.81. The SMILES string of the molecule is CC(C)(C)CCS(=N)(=O)CC[C@H](N)C(N)=O. The highest BCUT2D eigenvalue weighted by molar-refractivity contribution is 7.92. The van der Waals surface area contributed by atoms with Gasteiger partial charge in [-0.2, -0.15) is 0 Å². The molecule has 0 aliphatic carbocycles. The molecule has 5 N–H and O–H groups in total. The average molecular weight is 249 g/mol. The molecule has 0 rings (SSSR count). The van der Waals surface area contributed by atoms with Crippen molar-refractivity contribution in [1.82, 2.24) is 0 Å². The fourth-order valence-electron chi connectivity index (χ4n) is 1.03. The van der Waals surface area contributed by atoms with Crippen LogP contribution in [0.4, 0.5) is 0 Å². The first-order chi connectivity index (χ1) is 7.03. The van der Waals surface area contributed by atoms with E-state index < -0.39 is 21.7 Å². The molecule has 0 aromatic heterocycles. The van der Waals surface area contributed by atoms with Crippen LogP contribution in [0.3, 0.4) is 0 Å². The van der Waals surface area contributed by atoms with Crippen LogP contribution in [0.15, 0.2) is 0 Å². The van der Waals surface area contributed by atoms with E-state index >= 15 is 0 Å². The summed E-state index contributed by atoms with van der Waals surface area (Å²) in [6, 6.07) is -0.791. The highest BCUT2D eigenvalue weighted by Gasteiger charge is 2.17. The Bertz CT molecular complexity index is 330. The van der Waals surface area contributed by atoms with Gasteiger partial charge in [0.15, 0.2) is 0 Å². The van der Waals surface area contributed by atoms with E-state index in [9.17, 15) is 9.00 Å². The predicted octanol–water partition coefficient (Wildman–Crippen LogP) is 0.672. The summed E-state index contributed by atoms with van der Waals surface area (Å²) >= 11 is 0. The third-order valence-electron chi connectivity index (χ3n) is 2.31. The van der Waals surface area contributed by atoms with Crippen LogP contribution >= 0.6 is 0 Å². The standard InChI is InChI=1S/C10H23N3O2S/c1-10(2,3)5-7-16(13,15)6-4-8(11)9(12)14/h8,13H,4-7,11H2,1-3H3,(H2,12,14)/t8-,16?/m0/s1. The van der Waals surface area contributed by atoms with Crippen molar-refractivity contribution in [2.24, 2.45) is 16.9 Å². The highest BCUT2D eigenvalue weighted by atomic mass is 32.2. The van der Waals surface area contributed by atoms with Crippen LogP contribution in [0.5, 0.6) is 0 Å². The predicted molar refractivity (Wildman–Crippen MR) is 66.5 cm³/mol. The molecule has 0 heterocycles. The van der Waals surface area contributed by atoms with E-state index in [1.165, 1.54) is 0 Å². The molecular formula is C10H23N3O2S. The molecule has 1 amide bonds. The van der Waals surface area contributed by atoms with Crippen LogP contribution in [0.2, 0.25) is 0 Å². The number of carbonyl (C=O) groups is 1. The first kappa shape index (κ1) is 15.4. The topological polar surface area (TPSA) is 110 Å². The summed E-state index contributed by atoms with van der Waals surface area (Å²) in [6.45, 7) is 6.12. The van der Waals surface area contributed by atoms with E-state index in [2.05, 4.69) is 0 Å². The molecule has 2 atom stereocenters. The molecule has 0 aromatic carbocycles. The Balaban J connectivity index is 4.12. The van der Waals surface area contributed by atoms with Gasteiger partial charge in [0.1, 0.15) is 0 Å². The number of hydrogen-bond donors (Lipinski definition) is 3. The second-order valence-electron chi connectivity index (χ2n) is 5.33. The van der Waals surface area contributed by atoms with Gasteiger partial charge in [-0.1, -0.05) is 20.8 Å². The number of nitrogens with two attached hydrogens (primary N) is 2. The van der Waals surface area contributed by atoms with E-state index in [4.69, 9.17) is 16.2 Å². The van der Waals surface area contributed by atoms with E-state index in [0.717, 1.165) is 6.42 Å². The molecule has 0 aliphatic rings. The Morgan fingerprint density at radius 1 is 1.38 bits per heavy atom. The third kappa shape index (κ3) is 7.64. The van der Waals surface area contributed by atoms with Gasteiger partial charge in [0, 0.05) is 21.2 Å². The van der Waals surface area contributed by atoms with Crippen LogP contribution in [-0.4, -0.2) is 27.7 Å². The molecule has 16 heavy (non-hydrogen) atoms. The first-order valence-corrected chi connectivity index (χ1v) is 7.22. The van der Waals surface area contributed by atoms with Crippen molar-refractivity contribution in [3.8, 4) is 0 Å². The van der Waals surface area contributed by atoms with Crippen LogP contribution in [0.25, 0.3) is 0 Å². The largest absolute Gasteiger partial charge is 0.368 e. The van der Waals surface area contributed by atoms with Gasteiger partial charge in [-0.15, -0.1) is 0 Å². The van der Waals surface area contributed by atoms with Gasteiger partial charge >= 0.3 is 0 Å². The number of carbonyl (C=O) groups excluding carboxylic acids is 1. The Hall–Kier alpha value is -0.620. The zero-order valence-electron chi connectivity index (χ0n) is 10.3. The zero-order valence-corrected chi connectivity index (χ0v) is 11.1. The van der Waals surface area contributed by atoms with Crippen molar-refractivity contribution < 1.29 is 9.00 Å². The molecule has 0 aromatic rings. The van der Waals surface area contributed by atoms with Crippen molar-refractivity contribution in [1.29, 1.82) is 4.78 Å². The zero-order chi connectivity index (χ0) is 13.0. The Morgan fingerprint density at radius 2 is 1.88 bits per heavy atom. The van der Waals surface area contributed by atoms with E-state index in [1.807, 2.05) is 20.8 Å². The molecule has 0 aliphatic heterocycles. The minimum absolute atomic E-state index is 0.0650. The molecule has 96 valence electrons. The minimum Gasteiger partial charge on any atom is -0.368 e. The smallest absolute Gasteiger partial charge is 0.234 e. The van der Waals surface area contributed by atoms with Crippen molar-refractivity contribution in [3.05, 3.63) is 0 Å². The van der Waals surface area contributed by atoms with Crippen molar-refractivity contribution >= 4 is 15.6 Å². The van der Waals surface area contributed by atoms with E-state index in [-0.39, 0.29) is 17.6 Å². The van der Waals surface area contributed by atoms with Gasteiger partial charge in [-0.3, -0.25) is 9.57 Å². The summed E-state index contributed by atoms with van der Waals surface area (Å²) in [5, 5.41) is 0. The maximum absolute atomic E-state index is 11.8. The maximum atomic E-state index is 11.8. The molecule has 0 saturated heterocycles. The van der Waals surface area contributed by atoms with E-state index in [0.29, 0.717) is 5.75 Å². The van der Waals surface area contributed by atoms with Gasteiger partial charge < -0.3 is 11.5 Å². The second kappa shape index (κ2) is 5.63. The number of rotatable bonds is 6. The van der Waals surface area contributed by atoms with Crippen molar-refractivity contribution in [2.75, 3.05) is 11.5 Å². The molecule has 0 spiro atoms. The molecule has 1 unspecified atom stereocenters. The number of hydrogen-bond acceptors (Lipinski definition) is 4. The highest BCUT2D eigenvalue weighted by Crippen LogP contribution is 2.19. The molecule has 0 radical (unpaired) electrons. The Morgan fingerprint density at radius 3 is 2.25 bits per heavy atom. The molecular weight excluding hydrogens is 226 g/mol. The first-order valence-electron chi connectivity index (χ1n) is 5.32. The van der Waals surface area contributed by atoms with Gasteiger partial charge in [0.05, 0.1) is 6.04 Å². The monoisotopic (exact) mass is 249 g/mol. The van der Waals surface area contributed by atoms with Crippen LogP contribution in [-0.2, 0) is 14.5 Å². The Kier molecular flexibility index (Phi) is 5.41. The number of amides is 1. The van der Waals surface area contributed by atoms with Crippen molar-refractivity contribution in [2.45, 2.75) is 39.7 Å². The molecule has 0 fully saturated rings.